The molecule has 0 saturated carbocycles. The van der Waals surface area contributed by atoms with Crippen LogP contribution < -0.4 is 0 Å². The molecule has 0 amide bonds. The van der Waals surface area contributed by atoms with Gasteiger partial charge in [-0.1, -0.05) is 41.5 Å². The van der Waals surface area contributed by atoms with E-state index in [4.69, 9.17) is 4.74 Å². The van der Waals surface area contributed by atoms with Crippen molar-refractivity contribution < 1.29 is 4.74 Å². The van der Waals surface area contributed by atoms with Crippen molar-refractivity contribution >= 4 is 0 Å². The zero-order valence-corrected chi connectivity index (χ0v) is 10.6. The van der Waals surface area contributed by atoms with Crippen LogP contribution in [-0.4, -0.2) is 12.2 Å². The van der Waals surface area contributed by atoms with E-state index in [0.29, 0.717) is 30.0 Å². The summed E-state index contributed by atoms with van der Waals surface area (Å²) >= 11 is 0. The Bertz CT molecular complexity index is 174. The summed E-state index contributed by atoms with van der Waals surface area (Å²) in [4.78, 5) is 0. The summed E-state index contributed by atoms with van der Waals surface area (Å²) in [5.41, 5.74) is 0. The lowest BCUT2D eigenvalue weighted by Crippen LogP contribution is -2.46. The van der Waals surface area contributed by atoms with Crippen molar-refractivity contribution in [3.05, 3.63) is 0 Å². The molecule has 14 heavy (non-hydrogen) atoms. The van der Waals surface area contributed by atoms with E-state index >= 15 is 0 Å². The maximum atomic E-state index is 6.19. The molecule has 0 radical (unpaired) electrons. The average molecular weight is 198 g/mol. The molecule has 0 bridgehead atoms. The van der Waals surface area contributed by atoms with Crippen LogP contribution in [0.2, 0.25) is 0 Å². The number of rotatable bonds is 2. The van der Waals surface area contributed by atoms with Gasteiger partial charge in [0.2, 0.25) is 0 Å². The van der Waals surface area contributed by atoms with Crippen LogP contribution in [0.1, 0.15) is 48.0 Å². The van der Waals surface area contributed by atoms with Crippen LogP contribution in [0, 0.1) is 23.7 Å². The van der Waals surface area contributed by atoms with Gasteiger partial charge in [-0.3, -0.25) is 0 Å². The van der Waals surface area contributed by atoms with Crippen LogP contribution in [0.3, 0.4) is 0 Å². The third-order valence-electron chi connectivity index (χ3n) is 4.15. The van der Waals surface area contributed by atoms with E-state index in [1.165, 1.54) is 0 Å². The van der Waals surface area contributed by atoms with Crippen LogP contribution in [0.4, 0.5) is 0 Å². The smallest absolute Gasteiger partial charge is 0.0630 e. The lowest BCUT2D eigenvalue weighted by molar-refractivity contribution is -0.149. The van der Waals surface area contributed by atoms with Crippen molar-refractivity contribution in [3.63, 3.8) is 0 Å². The number of ether oxygens (including phenoxy) is 1. The molecule has 0 aromatic heterocycles. The molecule has 1 heteroatoms. The molecule has 1 heterocycles. The minimum Gasteiger partial charge on any atom is -0.374 e. The van der Waals surface area contributed by atoms with Gasteiger partial charge in [-0.25, -0.2) is 0 Å². The van der Waals surface area contributed by atoms with Gasteiger partial charge in [0.25, 0.3) is 0 Å². The molecule has 2 unspecified atom stereocenters. The molecule has 0 aliphatic carbocycles. The minimum atomic E-state index is 0.464. The Balaban J connectivity index is 2.73. The first-order valence-corrected chi connectivity index (χ1v) is 6.14. The molecular weight excluding hydrogens is 172 g/mol. The maximum absolute atomic E-state index is 6.19. The molecule has 0 aromatic rings. The molecule has 1 rings (SSSR count). The predicted molar refractivity (Wildman–Crippen MR) is 61.3 cm³/mol. The van der Waals surface area contributed by atoms with Crippen molar-refractivity contribution in [2.45, 2.75) is 60.2 Å². The van der Waals surface area contributed by atoms with E-state index < -0.39 is 0 Å². The van der Waals surface area contributed by atoms with Crippen molar-refractivity contribution in [2.75, 3.05) is 0 Å². The average Bonchev–Trinajstić information content (AvgIpc) is 2.14. The highest BCUT2D eigenvalue weighted by Gasteiger charge is 2.39. The molecule has 1 saturated heterocycles. The van der Waals surface area contributed by atoms with Crippen LogP contribution in [0.5, 0.6) is 0 Å². The second kappa shape index (κ2) is 4.65. The van der Waals surface area contributed by atoms with Gasteiger partial charge in [0.1, 0.15) is 0 Å². The second-order valence-electron chi connectivity index (χ2n) is 5.37. The van der Waals surface area contributed by atoms with E-state index in [-0.39, 0.29) is 0 Å². The quantitative estimate of drug-likeness (QED) is 0.657. The molecule has 1 aliphatic rings. The van der Waals surface area contributed by atoms with Gasteiger partial charge >= 0.3 is 0 Å². The zero-order chi connectivity index (χ0) is 10.9. The van der Waals surface area contributed by atoms with Gasteiger partial charge in [0.15, 0.2) is 0 Å². The Kier molecular flexibility index (Phi) is 4.00. The highest BCUT2D eigenvalue weighted by molar-refractivity contribution is 4.86. The molecule has 0 N–H and O–H groups in total. The molecule has 0 spiro atoms. The summed E-state index contributed by atoms with van der Waals surface area (Å²) in [7, 11) is 0. The summed E-state index contributed by atoms with van der Waals surface area (Å²) < 4.78 is 6.19. The standard InChI is InChI=1S/C13H26O/c1-7-12-10(5)9(4)11(6)13(14-12)8(2)3/h8-13H,7H2,1-6H3/t9-,10+,11?,12?,13-/m0/s1. The molecule has 1 aliphatic heterocycles. The highest BCUT2D eigenvalue weighted by atomic mass is 16.5. The summed E-state index contributed by atoms with van der Waals surface area (Å²) in [6.45, 7) is 13.9. The summed E-state index contributed by atoms with van der Waals surface area (Å²) in [5.74, 6) is 2.85. The Morgan fingerprint density at radius 1 is 1.00 bits per heavy atom. The van der Waals surface area contributed by atoms with Crippen molar-refractivity contribution in [1.29, 1.82) is 0 Å². The molecule has 0 aromatic carbocycles. The Morgan fingerprint density at radius 2 is 1.57 bits per heavy atom. The van der Waals surface area contributed by atoms with Gasteiger partial charge in [-0.05, 0) is 30.1 Å². The largest absolute Gasteiger partial charge is 0.374 e. The minimum absolute atomic E-state index is 0.464. The van der Waals surface area contributed by atoms with Crippen LogP contribution in [-0.2, 0) is 4.74 Å². The Hall–Kier alpha value is -0.0400. The first kappa shape index (κ1) is 12.0. The first-order valence-electron chi connectivity index (χ1n) is 6.14. The fourth-order valence-corrected chi connectivity index (χ4v) is 2.80. The predicted octanol–water partition coefficient (Wildman–Crippen LogP) is 3.73. The monoisotopic (exact) mass is 198 g/mol. The van der Waals surface area contributed by atoms with Gasteiger partial charge in [-0.2, -0.15) is 0 Å². The van der Waals surface area contributed by atoms with Crippen molar-refractivity contribution in [3.8, 4) is 0 Å². The normalized spacial score (nSPS) is 44.4. The van der Waals surface area contributed by atoms with E-state index in [9.17, 15) is 0 Å². The molecule has 1 nitrogen and oxygen atoms in total. The Labute approximate surface area is 89.2 Å². The van der Waals surface area contributed by atoms with E-state index in [0.717, 1.165) is 12.3 Å². The fraction of sp³-hybridized carbons (Fsp3) is 1.00. The highest BCUT2D eigenvalue weighted by Crippen LogP contribution is 2.38. The van der Waals surface area contributed by atoms with Crippen LogP contribution >= 0.6 is 0 Å². The lowest BCUT2D eigenvalue weighted by Gasteiger charge is -2.45. The van der Waals surface area contributed by atoms with Crippen molar-refractivity contribution in [2.24, 2.45) is 23.7 Å². The molecule has 5 atom stereocenters. The third-order valence-corrected chi connectivity index (χ3v) is 4.15. The molecular formula is C13H26O. The van der Waals surface area contributed by atoms with Crippen LogP contribution in [0.15, 0.2) is 0 Å². The van der Waals surface area contributed by atoms with E-state index in [2.05, 4.69) is 41.5 Å². The summed E-state index contributed by atoms with van der Waals surface area (Å²) in [6.07, 6.45) is 2.10. The summed E-state index contributed by atoms with van der Waals surface area (Å²) in [6, 6.07) is 0. The van der Waals surface area contributed by atoms with Crippen molar-refractivity contribution in [1.82, 2.24) is 0 Å². The van der Waals surface area contributed by atoms with Crippen LogP contribution in [0.25, 0.3) is 0 Å². The van der Waals surface area contributed by atoms with Gasteiger partial charge < -0.3 is 4.74 Å². The Morgan fingerprint density at radius 3 is 2.00 bits per heavy atom. The topological polar surface area (TPSA) is 9.23 Å². The third kappa shape index (κ3) is 2.13. The summed E-state index contributed by atoms with van der Waals surface area (Å²) in [5, 5.41) is 0. The number of hydrogen-bond acceptors (Lipinski definition) is 1. The van der Waals surface area contributed by atoms with Gasteiger partial charge in [0, 0.05) is 0 Å². The lowest BCUT2D eigenvalue weighted by atomic mass is 9.73. The second-order valence-corrected chi connectivity index (χ2v) is 5.37. The maximum Gasteiger partial charge on any atom is 0.0630 e. The van der Waals surface area contributed by atoms with Gasteiger partial charge in [0.05, 0.1) is 12.2 Å². The SMILES string of the molecule is CCC1O[C@@H](C(C)C)C(C)[C@@H](C)[C@H]1C. The fourth-order valence-electron chi connectivity index (χ4n) is 2.80. The number of hydrogen-bond donors (Lipinski definition) is 0. The molecule has 84 valence electrons. The molecule has 1 fully saturated rings. The van der Waals surface area contributed by atoms with E-state index in [1.54, 1.807) is 0 Å². The van der Waals surface area contributed by atoms with E-state index in [1.807, 2.05) is 0 Å². The van der Waals surface area contributed by atoms with Gasteiger partial charge in [-0.15, -0.1) is 0 Å². The first-order chi connectivity index (χ1) is 6.49. The zero-order valence-electron chi connectivity index (χ0n) is 10.6.